The van der Waals surface area contributed by atoms with Crippen LogP contribution in [0.1, 0.15) is 19.8 Å². The molecule has 1 atom stereocenters. The Hall–Kier alpha value is -2.64. The van der Waals surface area contributed by atoms with E-state index in [0.29, 0.717) is 12.2 Å². The highest BCUT2D eigenvalue weighted by Crippen LogP contribution is 2.25. The van der Waals surface area contributed by atoms with Crippen LogP contribution in [0.3, 0.4) is 0 Å². The summed E-state index contributed by atoms with van der Waals surface area (Å²) >= 11 is 0. The third kappa shape index (κ3) is 4.21. The summed E-state index contributed by atoms with van der Waals surface area (Å²) in [5, 5.41) is 9.49. The van der Waals surface area contributed by atoms with Crippen LogP contribution in [0.2, 0.25) is 0 Å². The number of amides is 2. The second-order valence-electron chi connectivity index (χ2n) is 6.01. The molecular formula is C16H21FN6O. The minimum Gasteiger partial charge on any atom is -0.371 e. The van der Waals surface area contributed by atoms with Gasteiger partial charge >= 0.3 is 6.03 Å². The first-order valence-corrected chi connectivity index (χ1v) is 8.05. The van der Waals surface area contributed by atoms with Crippen molar-refractivity contribution >= 4 is 17.4 Å². The number of carbonyl (C=O) groups is 1. The van der Waals surface area contributed by atoms with E-state index in [9.17, 15) is 9.18 Å². The van der Waals surface area contributed by atoms with E-state index >= 15 is 0 Å². The fourth-order valence-corrected chi connectivity index (χ4v) is 2.85. The molecule has 1 unspecified atom stereocenters. The van der Waals surface area contributed by atoms with Crippen LogP contribution in [0, 0.1) is 5.82 Å². The van der Waals surface area contributed by atoms with Crippen molar-refractivity contribution in [2.75, 3.05) is 23.3 Å². The second kappa shape index (κ2) is 7.29. The Morgan fingerprint density at radius 2 is 2.12 bits per heavy atom. The van der Waals surface area contributed by atoms with Gasteiger partial charge in [0.1, 0.15) is 18.5 Å². The molecule has 1 aromatic heterocycles. The average Bonchev–Trinajstić information content (AvgIpc) is 3.19. The molecule has 8 heteroatoms. The van der Waals surface area contributed by atoms with E-state index in [4.69, 9.17) is 0 Å². The number of nitrogens with one attached hydrogen (secondary N) is 2. The zero-order chi connectivity index (χ0) is 16.9. The van der Waals surface area contributed by atoms with Gasteiger partial charge < -0.3 is 15.5 Å². The quantitative estimate of drug-likeness (QED) is 0.880. The Kier molecular flexibility index (Phi) is 4.93. The van der Waals surface area contributed by atoms with Gasteiger partial charge in [-0.2, -0.15) is 5.10 Å². The summed E-state index contributed by atoms with van der Waals surface area (Å²) in [5.74, 6) is -0.356. The number of benzene rings is 1. The molecule has 0 aliphatic carbocycles. The zero-order valence-electron chi connectivity index (χ0n) is 13.6. The molecule has 128 valence electrons. The van der Waals surface area contributed by atoms with Gasteiger partial charge in [-0.05, 0) is 38.0 Å². The maximum atomic E-state index is 13.8. The van der Waals surface area contributed by atoms with Crippen LogP contribution in [0.15, 0.2) is 30.9 Å². The van der Waals surface area contributed by atoms with Gasteiger partial charge in [-0.15, -0.1) is 0 Å². The predicted octanol–water partition coefficient (Wildman–Crippen LogP) is 2.23. The molecule has 1 fully saturated rings. The van der Waals surface area contributed by atoms with Crippen molar-refractivity contribution in [1.29, 1.82) is 0 Å². The lowest BCUT2D eigenvalue weighted by atomic mass is 10.2. The summed E-state index contributed by atoms with van der Waals surface area (Å²) in [6.45, 7) is 4.21. The molecule has 0 bridgehead atoms. The van der Waals surface area contributed by atoms with E-state index in [2.05, 4.69) is 25.6 Å². The first-order chi connectivity index (χ1) is 11.6. The van der Waals surface area contributed by atoms with Crippen LogP contribution in [0.5, 0.6) is 0 Å². The molecule has 2 heterocycles. The lowest BCUT2D eigenvalue weighted by Gasteiger charge is -2.19. The highest BCUT2D eigenvalue weighted by atomic mass is 19.1. The lowest BCUT2D eigenvalue weighted by Crippen LogP contribution is -2.38. The minimum absolute atomic E-state index is 0.140. The molecule has 1 aliphatic rings. The number of carbonyl (C=O) groups excluding carboxylic acids is 1. The van der Waals surface area contributed by atoms with Gasteiger partial charge in [-0.25, -0.2) is 14.2 Å². The van der Waals surface area contributed by atoms with E-state index in [1.165, 1.54) is 18.5 Å². The Balaban J connectivity index is 1.59. The number of aromatic nitrogens is 3. The topological polar surface area (TPSA) is 75.1 Å². The third-order valence-corrected chi connectivity index (χ3v) is 3.92. The molecule has 1 aliphatic heterocycles. The van der Waals surface area contributed by atoms with Crippen molar-refractivity contribution in [3.63, 3.8) is 0 Å². The van der Waals surface area contributed by atoms with Crippen LogP contribution in [0.25, 0.3) is 0 Å². The molecule has 0 saturated carbocycles. The largest absolute Gasteiger partial charge is 0.371 e. The van der Waals surface area contributed by atoms with Crippen molar-refractivity contribution in [3.8, 4) is 0 Å². The van der Waals surface area contributed by atoms with Crippen molar-refractivity contribution < 1.29 is 9.18 Å². The van der Waals surface area contributed by atoms with Gasteiger partial charge in [0.25, 0.3) is 0 Å². The van der Waals surface area contributed by atoms with Gasteiger partial charge in [0.2, 0.25) is 0 Å². The number of nitrogens with zero attached hydrogens (tertiary/aromatic N) is 4. The van der Waals surface area contributed by atoms with Crippen LogP contribution in [-0.2, 0) is 6.54 Å². The molecule has 0 radical (unpaired) electrons. The van der Waals surface area contributed by atoms with E-state index < -0.39 is 0 Å². The Morgan fingerprint density at radius 1 is 1.33 bits per heavy atom. The average molecular weight is 332 g/mol. The smallest absolute Gasteiger partial charge is 0.319 e. The van der Waals surface area contributed by atoms with Crippen LogP contribution in [-0.4, -0.2) is 39.9 Å². The number of urea groups is 1. The Labute approximate surface area is 139 Å². The van der Waals surface area contributed by atoms with Gasteiger partial charge in [-0.1, -0.05) is 0 Å². The first kappa shape index (κ1) is 16.2. The van der Waals surface area contributed by atoms with E-state index in [-0.39, 0.29) is 17.9 Å². The molecule has 2 amide bonds. The standard InChI is InChI=1S/C16H21FN6O/c1-12(9-23-11-18-10-19-23)20-16(24)21-14-6-13(17)7-15(8-14)22-4-2-3-5-22/h6-8,10-12H,2-5,9H2,1H3,(H2,20,21,24). The summed E-state index contributed by atoms with van der Waals surface area (Å²) in [6, 6.07) is 4.11. The van der Waals surface area contributed by atoms with E-state index in [1.54, 1.807) is 17.1 Å². The van der Waals surface area contributed by atoms with Crippen molar-refractivity contribution in [3.05, 3.63) is 36.7 Å². The van der Waals surface area contributed by atoms with Gasteiger partial charge in [-0.3, -0.25) is 4.68 Å². The highest BCUT2D eigenvalue weighted by Gasteiger charge is 2.15. The minimum atomic E-state index is -0.374. The summed E-state index contributed by atoms with van der Waals surface area (Å²) in [7, 11) is 0. The van der Waals surface area contributed by atoms with Gasteiger partial charge in [0.15, 0.2) is 0 Å². The number of rotatable bonds is 5. The first-order valence-electron chi connectivity index (χ1n) is 8.05. The number of hydrogen-bond donors (Lipinski definition) is 2. The summed E-state index contributed by atoms with van der Waals surface area (Å²) in [4.78, 5) is 18.1. The molecule has 1 aromatic carbocycles. The zero-order valence-corrected chi connectivity index (χ0v) is 13.6. The molecule has 1 saturated heterocycles. The monoisotopic (exact) mass is 332 g/mol. The molecule has 2 N–H and O–H groups in total. The fourth-order valence-electron chi connectivity index (χ4n) is 2.85. The molecule has 24 heavy (non-hydrogen) atoms. The third-order valence-electron chi connectivity index (χ3n) is 3.92. The number of halogens is 1. The van der Waals surface area contributed by atoms with E-state index in [1.807, 2.05) is 6.92 Å². The summed E-state index contributed by atoms with van der Waals surface area (Å²) in [5.41, 5.74) is 1.25. The van der Waals surface area contributed by atoms with E-state index in [0.717, 1.165) is 31.6 Å². The van der Waals surface area contributed by atoms with Crippen molar-refractivity contribution in [2.24, 2.45) is 0 Å². The fraction of sp³-hybridized carbons (Fsp3) is 0.438. The van der Waals surface area contributed by atoms with Gasteiger partial charge in [0, 0.05) is 30.5 Å². The lowest BCUT2D eigenvalue weighted by molar-refractivity contribution is 0.247. The molecule has 3 rings (SSSR count). The Bertz CT molecular complexity index is 684. The second-order valence-corrected chi connectivity index (χ2v) is 6.01. The Morgan fingerprint density at radius 3 is 2.83 bits per heavy atom. The van der Waals surface area contributed by atoms with Crippen LogP contribution < -0.4 is 15.5 Å². The molecule has 0 spiro atoms. The number of anilines is 2. The van der Waals surface area contributed by atoms with Crippen LogP contribution >= 0.6 is 0 Å². The molecule has 7 nitrogen and oxygen atoms in total. The normalized spacial score (nSPS) is 15.3. The number of hydrogen-bond acceptors (Lipinski definition) is 4. The van der Waals surface area contributed by atoms with Crippen molar-refractivity contribution in [1.82, 2.24) is 20.1 Å². The SMILES string of the molecule is CC(Cn1cncn1)NC(=O)Nc1cc(F)cc(N2CCCC2)c1. The molecular weight excluding hydrogens is 311 g/mol. The summed E-state index contributed by atoms with van der Waals surface area (Å²) < 4.78 is 15.5. The predicted molar refractivity (Wildman–Crippen MR) is 89.5 cm³/mol. The van der Waals surface area contributed by atoms with Crippen LogP contribution in [0.4, 0.5) is 20.6 Å². The molecule has 2 aromatic rings. The van der Waals surface area contributed by atoms with Crippen molar-refractivity contribution in [2.45, 2.75) is 32.4 Å². The summed E-state index contributed by atoms with van der Waals surface area (Å²) in [6.07, 6.45) is 5.25. The van der Waals surface area contributed by atoms with Gasteiger partial charge in [0.05, 0.1) is 6.54 Å². The maximum absolute atomic E-state index is 13.8. The maximum Gasteiger partial charge on any atom is 0.319 e. The highest BCUT2D eigenvalue weighted by molar-refractivity contribution is 5.90.